The van der Waals surface area contributed by atoms with E-state index in [1.54, 1.807) is 23.0 Å². The molecule has 0 amide bonds. The maximum absolute atomic E-state index is 13.2. The lowest BCUT2D eigenvalue weighted by Gasteiger charge is -2.19. The lowest BCUT2D eigenvalue weighted by Crippen LogP contribution is -2.25. The second kappa shape index (κ2) is 6.92. The molecule has 0 bridgehead atoms. The van der Waals surface area contributed by atoms with Crippen molar-refractivity contribution >= 4 is 16.9 Å². The third kappa shape index (κ3) is 2.94. The first-order valence-electron chi connectivity index (χ1n) is 9.28. The summed E-state index contributed by atoms with van der Waals surface area (Å²) in [6.45, 7) is 0.766. The molecule has 1 aliphatic carbocycles. The highest BCUT2D eigenvalue weighted by Gasteiger charge is 2.26. The van der Waals surface area contributed by atoms with E-state index in [1.807, 2.05) is 0 Å². The van der Waals surface area contributed by atoms with E-state index in [1.165, 1.54) is 24.0 Å². The minimum atomic E-state index is -0.279. The van der Waals surface area contributed by atoms with Crippen molar-refractivity contribution in [3.8, 4) is 5.69 Å². The molecule has 2 aliphatic rings. The van der Waals surface area contributed by atoms with E-state index in [0.29, 0.717) is 17.6 Å². The highest BCUT2D eigenvalue weighted by atomic mass is 19.1. The molecule has 6 nitrogen and oxygen atoms in total. The van der Waals surface area contributed by atoms with E-state index in [2.05, 4.69) is 56.2 Å². The molecule has 3 aromatic rings. The van der Waals surface area contributed by atoms with E-state index in [-0.39, 0.29) is 5.82 Å². The average molecular weight is 374 g/mol. The molecule has 7 heteroatoms. The number of hydrogen-bond donors (Lipinski definition) is 2. The summed E-state index contributed by atoms with van der Waals surface area (Å²) in [5, 5.41) is 12.1. The van der Waals surface area contributed by atoms with Crippen molar-refractivity contribution in [2.24, 2.45) is 5.92 Å². The molecule has 0 fully saturated rings. The molecule has 2 aromatic heterocycles. The predicted molar refractivity (Wildman–Crippen MR) is 107 cm³/mol. The van der Waals surface area contributed by atoms with Gasteiger partial charge in [-0.15, -0.1) is 0 Å². The zero-order valence-electron chi connectivity index (χ0n) is 15.1. The number of allylic oxidation sites excluding steroid dienone is 2. The number of nitrogens with zero attached hydrogens (tertiary/aromatic N) is 4. The molecule has 2 atom stereocenters. The van der Waals surface area contributed by atoms with Gasteiger partial charge in [-0.25, -0.2) is 19.0 Å². The lowest BCUT2D eigenvalue weighted by molar-refractivity contribution is 0.620. The highest BCUT2D eigenvalue weighted by molar-refractivity contribution is 5.87. The molecule has 2 N–H and O–H groups in total. The van der Waals surface area contributed by atoms with Gasteiger partial charge in [0.15, 0.2) is 5.65 Å². The lowest BCUT2D eigenvalue weighted by atomic mass is 9.90. The molecule has 28 heavy (non-hydrogen) atoms. The van der Waals surface area contributed by atoms with Gasteiger partial charge >= 0.3 is 0 Å². The normalized spacial score (nSPS) is 20.1. The quantitative estimate of drug-likeness (QED) is 0.717. The molecule has 0 radical (unpaired) electrons. The van der Waals surface area contributed by atoms with Gasteiger partial charge in [0.2, 0.25) is 0 Å². The van der Waals surface area contributed by atoms with Crippen LogP contribution in [-0.2, 0) is 0 Å². The van der Waals surface area contributed by atoms with Crippen LogP contribution in [0.4, 0.5) is 10.2 Å². The second-order valence-electron chi connectivity index (χ2n) is 6.88. The van der Waals surface area contributed by atoms with Crippen LogP contribution in [0.25, 0.3) is 16.7 Å². The number of nitrogens with one attached hydrogen (secondary N) is 2. The maximum atomic E-state index is 13.2. The fourth-order valence-corrected chi connectivity index (χ4v) is 3.74. The van der Waals surface area contributed by atoms with Crippen LogP contribution >= 0.6 is 0 Å². The Balaban J connectivity index is 1.32. The summed E-state index contributed by atoms with van der Waals surface area (Å²) in [4.78, 5) is 8.74. The van der Waals surface area contributed by atoms with Gasteiger partial charge in [-0.3, -0.25) is 0 Å². The number of halogens is 1. The van der Waals surface area contributed by atoms with E-state index in [4.69, 9.17) is 0 Å². The van der Waals surface area contributed by atoms with Gasteiger partial charge in [-0.1, -0.05) is 24.3 Å². The van der Waals surface area contributed by atoms with Crippen molar-refractivity contribution in [1.82, 2.24) is 25.1 Å². The van der Waals surface area contributed by atoms with Crippen LogP contribution in [0.3, 0.4) is 0 Å². The van der Waals surface area contributed by atoms with Gasteiger partial charge in [-0.05, 0) is 42.5 Å². The second-order valence-corrected chi connectivity index (χ2v) is 6.88. The number of fused-ring (bicyclic) bond motifs is 2. The Morgan fingerprint density at radius 1 is 1.11 bits per heavy atom. The SMILES string of the molecule is Fc1ccc(-n2ncc3c(NCCC4=CN[C@@H]5C=CC=C[C@@H]45)ncnc32)cc1. The van der Waals surface area contributed by atoms with Gasteiger partial charge in [-0.2, -0.15) is 5.10 Å². The minimum Gasteiger partial charge on any atom is -0.384 e. The van der Waals surface area contributed by atoms with Gasteiger partial charge in [0.05, 0.1) is 23.3 Å². The van der Waals surface area contributed by atoms with Gasteiger partial charge in [0, 0.05) is 12.5 Å². The first-order valence-corrected chi connectivity index (χ1v) is 9.28. The van der Waals surface area contributed by atoms with Crippen LogP contribution in [-0.4, -0.2) is 32.3 Å². The molecular formula is C21H19FN6. The summed E-state index contributed by atoms with van der Waals surface area (Å²) >= 11 is 0. The van der Waals surface area contributed by atoms with Crippen molar-refractivity contribution in [3.05, 3.63) is 78.7 Å². The minimum absolute atomic E-state index is 0.279. The largest absolute Gasteiger partial charge is 0.384 e. The molecule has 0 spiro atoms. The molecule has 0 saturated carbocycles. The highest BCUT2D eigenvalue weighted by Crippen LogP contribution is 2.28. The zero-order chi connectivity index (χ0) is 18.9. The van der Waals surface area contributed by atoms with Crippen LogP contribution in [0.1, 0.15) is 6.42 Å². The van der Waals surface area contributed by atoms with Gasteiger partial charge in [0.25, 0.3) is 0 Å². The fourth-order valence-electron chi connectivity index (χ4n) is 3.74. The Morgan fingerprint density at radius 3 is 2.86 bits per heavy atom. The number of hydrogen-bond acceptors (Lipinski definition) is 5. The Bertz CT molecular complexity index is 1100. The van der Waals surface area contributed by atoms with Crippen LogP contribution < -0.4 is 10.6 Å². The molecule has 0 unspecified atom stereocenters. The summed E-state index contributed by atoms with van der Waals surface area (Å²) < 4.78 is 14.9. The van der Waals surface area contributed by atoms with Gasteiger partial charge in [0.1, 0.15) is 18.0 Å². The maximum Gasteiger partial charge on any atom is 0.168 e. The zero-order valence-corrected chi connectivity index (χ0v) is 15.1. The summed E-state index contributed by atoms with van der Waals surface area (Å²) in [7, 11) is 0. The number of aromatic nitrogens is 4. The number of rotatable bonds is 5. The Kier molecular flexibility index (Phi) is 4.12. The molecule has 140 valence electrons. The van der Waals surface area contributed by atoms with Crippen molar-refractivity contribution in [2.75, 3.05) is 11.9 Å². The van der Waals surface area contributed by atoms with Crippen molar-refractivity contribution in [1.29, 1.82) is 0 Å². The van der Waals surface area contributed by atoms with Crippen molar-refractivity contribution in [2.45, 2.75) is 12.5 Å². The first-order chi connectivity index (χ1) is 13.8. The third-order valence-corrected chi connectivity index (χ3v) is 5.17. The van der Waals surface area contributed by atoms with Gasteiger partial charge < -0.3 is 10.6 Å². The summed E-state index contributed by atoms with van der Waals surface area (Å²) in [5.41, 5.74) is 2.82. The van der Waals surface area contributed by atoms with E-state index in [9.17, 15) is 4.39 Å². The summed E-state index contributed by atoms with van der Waals surface area (Å²) in [5.74, 6) is 0.900. The van der Waals surface area contributed by atoms with Crippen molar-refractivity contribution < 1.29 is 4.39 Å². The molecular weight excluding hydrogens is 355 g/mol. The van der Waals surface area contributed by atoms with Crippen molar-refractivity contribution in [3.63, 3.8) is 0 Å². The molecule has 5 rings (SSSR count). The fraction of sp³-hybridized carbons (Fsp3) is 0.190. The number of benzene rings is 1. The number of anilines is 1. The summed E-state index contributed by atoms with van der Waals surface area (Å²) in [6.07, 6.45) is 14.9. The van der Waals surface area contributed by atoms with Crippen LogP contribution in [0.15, 0.2) is 72.9 Å². The Hall–Kier alpha value is -3.48. The Morgan fingerprint density at radius 2 is 1.96 bits per heavy atom. The average Bonchev–Trinajstić information content (AvgIpc) is 3.34. The van der Waals surface area contributed by atoms with E-state index >= 15 is 0 Å². The van der Waals surface area contributed by atoms with Crippen LogP contribution in [0, 0.1) is 11.7 Å². The predicted octanol–water partition coefficient (Wildman–Crippen LogP) is 3.35. The first kappa shape index (κ1) is 16.7. The third-order valence-electron chi connectivity index (χ3n) is 5.17. The monoisotopic (exact) mass is 374 g/mol. The summed E-state index contributed by atoms with van der Waals surface area (Å²) in [6, 6.07) is 6.56. The molecule has 3 heterocycles. The van der Waals surface area contributed by atoms with E-state index in [0.717, 1.165) is 29.9 Å². The Labute approximate surface area is 161 Å². The molecule has 1 aliphatic heterocycles. The topological polar surface area (TPSA) is 67.7 Å². The smallest absolute Gasteiger partial charge is 0.168 e. The van der Waals surface area contributed by atoms with Crippen LogP contribution in [0.2, 0.25) is 0 Å². The van der Waals surface area contributed by atoms with E-state index < -0.39 is 0 Å². The molecule has 0 saturated heterocycles. The van der Waals surface area contributed by atoms with Crippen LogP contribution in [0.5, 0.6) is 0 Å². The molecule has 1 aromatic carbocycles. The standard InChI is InChI=1S/C21H19FN6/c22-15-5-7-16(8-6-15)28-21-18(12-27-28)20(25-13-26-21)23-10-9-14-11-24-19-4-2-1-3-17(14)19/h1-8,11-13,17,19,24H,9-10H2,(H,23,25,26)/t17-,19+/m0/s1.